The summed E-state index contributed by atoms with van der Waals surface area (Å²) in [5, 5.41) is 8.02. The van der Waals surface area contributed by atoms with E-state index >= 15 is 0 Å². The Hall–Kier alpha value is -1.65. The van der Waals surface area contributed by atoms with Crippen molar-refractivity contribution in [3.8, 4) is 0 Å². The number of rotatable bonds is 6. The van der Waals surface area contributed by atoms with Gasteiger partial charge < -0.3 is 5.32 Å². The molecule has 4 heteroatoms. The van der Waals surface area contributed by atoms with Gasteiger partial charge in [0.15, 0.2) is 0 Å². The largest absolute Gasteiger partial charge is 0.312 e. The van der Waals surface area contributed by atoms with Crippen molar-refractivity contribution in [1.82, 2.24) is 20.0 Å². The van der Waals surface area contributed by atoms with Crippen LogP contribution in [0.15, 0.2) is 48.8 Å². The highest BCUT2D eigenvalue weighted by Crippen LogP contribution is 2.23. The van der Waals surface area contributed by atoms with Crippen molar-refractivity contribution < 1.29 is 0 Å². The predicted molar refractivity (Wildman–Crippen MR) is 94.1 cm³/mol. The van der Waals surface area contributed by atoms with Crippen LogP contribution < -0.4 is 5.32 Å². The molecule has 0 saturated carbocycles. The molecule has 2 aromatic rings. The van der Waals surface area contributed by atoms with Crippen molar-refractivity contribution in [2.75, 3.05) is 19.6 Å². The van der Waals surface area contributed by atoms with Gasteiger partial charge in [-0.1, -0.05) is 44.2 Å². The molecule has 1 aliphatic rings. The van der Waals surface area contributed by atoms with Crippen molar-refractivity contribution in [2.45, 2.75) is 33.0 Å². The number of hydrogen-bond acceptors (Lipinski definition) is 3. The minimum absolute atomic E-state index is 0.595. The van der Waals surface area contributed by atoms with Crippen LogP contribution in [0.25, 0.3) is 0 Å². The fraction of sp³-hybridized carbons (Fsp3) is 0.526. The van der Waals surface area contributed by atoms with Crippen molar-refractivity contribution >= 4 is 0 Å². The summed E-state index contributed by atoms with van der Waals surface area (Å²) in [5.41, 5.74) is 1.41. The molecule has 2 atom stereocenters. The average molecular weight is 312 g/mol. The van der Waals surface area contributed by atoms with Crippen LogP contribution >= 0.6 is 0 Å². The molecule has 3 rings (SSSR count). The SMILES string of the molecule is CC1CN(Cc2ccccc2)CC(C)C1NCCn1cccn1. The molecule has 0 spiro atoms. The standard InChI is InChI=1S/C19H28N4/c1-16-13-22(15-18-7-4-3-5-8-18)14-17(2)19(16)20-10-12-23-11-6-9-21-23/h3-9,11,16-17,19-20H,10,12-15H2,1-2H3. The van der Waals surface area contributed by atoms with E-state index < -0.39 is 0 Å². The number of likely N-dealkylation sites (tertiary alicyclic amines) is 1. The Morgan fingerprint density at radius 1 is 1.09 bits per heavy atom. The van der Waals surface area contributed by atoms with Crippen LogP contribution in [-0.4, -0.2) is 40.4 Å². The molecule has 0 amide bonds. The molecule has 1 aliphatic heterocycles. The lowest BCUT2D eigenvalue weighted by Crippen LogP contribution is -2.53. The van der Waals surface area contributed by atoms with E-state index in [1.807, 2.05) is 23.1 Å². The second kappa shape index (κ2) is 7.75. The molecular weight excluding hydrogens is 284 g/mol. The number of aromatic nitrogens is 2. The van der Waals surface area contributed by atoms with Gasteiger partial charge >= 0.3 is 0 Å². The van der Waals surface area contributed by atoms with Gasteiger partial charge in [-0.25, -0.2) is 0 Å². The van der Waals surface area contributed by atoms with Crippen LogP contribution in [0.4, 0.5) is 0 Å². The quantitative estimate of drug-likeness (QED) is 0.890. The molecule has 1 N–H and O–H groups in total. The Labute approximate surface area is 139 Å². The molecule has 0 radical (unpaired) electrons. The van der Waals surface area contributed by atoms with E-state index in [4.69, 9.17) is 0 Å². The molecule has 4 nitrogen and oxygen atoms in total. The third-order valence-electron chi connectivity index (χ3n) is 4.85. The molecule has 1 aromatic heterocycles. The molecule has 23 heavy (non-hydrogen) atoms. The lowest BCUT2D eigenvalue weighted by Gasteiger charge is -2.42. The van der Waals surface area contributed by atoms with Gasteiger partial charge in [0.05, 0.1) is 6.54 Å². The number of nitrogens with one attached hydrogen (secondary N) is 1. The van der Waals surface area contributed by atoms with Crippen LogP contribution in [-0.2, 0) is 13.1 Å². The number of benzene rings is 1. The number of hydrogen-bond donors (Lipinski definition) is 1. The third kappa shape index (κ3) is 4.43. The molecule has 2 heterocycles. The van der Waals surface area contributed by atoms with Gasteiger partial charge in [0.1, 0.15) is 0 Å². The van der Waals surface area contributed by atoms with Gasteiger partial charge in [-0.2, -0.15) is 5.10 Å². The zero-order chi connectivity index (χ0) is 16.1. The van der Waals surface area contributed by atoms with E-state index in [2.05, 4.69) is 59.5 Å². The van der Waals surface area contributed by atoms with Gasteiger partial charge in [-0.05, 0) is 23.5 Å². The second-order valence-corrected chi connectivity index (χ2v) is 6.88. The number of nitrogens with zero attached hydrogens (tertiary/aromatic N) is 3. The first-order valence-electron chi connectivity index (χ1n) is 8.69. The first kappa shape index (κ1) is 16.2. The summed E-state index contributed by atoms with van der Waals surface area (Å²) in [4.78, 5) is 2.59. The summed E-state index contributed by atoms with van der Waals surface area (Å²) in [7, 11) is 0. The Kier molecular flexibility index (Phi) is 5.47. The molecule has 1 fully saturated rings. The zero-order valence-electron chi connectivity index (χ0n) is 14.2. The minimum atomic E-state index is 0.595. The lowest BCUT2D eigenvalue weighted by molar-refractivity contribution is 0.0943. The third-order valence-corrected chi connectivity index (χ3v) is 4.85. The van der Waals surface area contributed by atoms with Crippen LogP contribution in [0, 0.1) is 11.8 Å². The van der Waals surface area contributed by atoms with Crippen molar-refractivity contribution in [2.24, 2.45) is 11.8 Å². The maximum absolute atomic E-state index is 4.26. The fourth-order valence-corrected chi connectivity index (χ4v) is 3.83. The smallest absolute Gasteiger partial charge is 0.0534 e. The highest BCUT2D eigenvalue weighted by molar-refractivity contribution is 5.14. The van der Waals surface area contributed by atoms with Crippen LogP contribution in [0.5, 0.6) is 0 Å². The summed E-state index contributed by atoms with van der Waals surface area (Å²) in [6.45, 7) is 10.1. The van der Waals surface area contributed by atoms with E-state index in [9.17, 15) is 0 Å². The average Bonchev–Trinajstić information content (AvgIpc) is 3.04. The van der Waals surface area contributed by atoms with E-state index in [0.717, 1.165) is 19.6 Å². The molecule has 124 valence electrons. The molecule has 1 aromatic carbocycles. The Bertz CT molecular complexity index is 554. The van der Waals surface area contributed by atoms with Gasteiger partial charge in [0.2, 0.25) is 0 Å². The lowest BCUT2D eigenvalue weighted by atomic mass is 9.85. The Balaban J connectivity index is 1.48. The predicted octanol–water partition coefficient (Wildman–Crippen LogP) is 2.63. The summed E-state index contributed by atoms with van der Waals surface area (Å²) < 4.78 is 1.99. The summed E-state index contributed by atoms with van der Waals surface area (Å²) in [5.74, 6) is 1.33. The molecule has 1 saturated heterocycles. The minimum Gasteiger partial charge on any atom is -0.312 e. The van der Waals surface area contributed by atoms with E-state index in [1.165, 1.54) is 18.7 Å². The van der Waals surface area contributed by atoms with Gasteiger partial charge in [-0.3, -0.25) is 9.58 Å². The summed E-state index contributed by atoms with van der Waals surface area (Å²) >= 11 is 0. The maximum atomic E-state index is 4.26. The van der Waals surface area contributed by atoms with Gasteiger partial charge in [0, 0.05) is 44.6 Å². The summed E-state index contributed by atoms with van der Waals surface area (Å²) in [6, 6.07) is 13.4. The first-order valence-corrected chi connectivity index (χ1v) is 8.69. The Morgan fingerprint density at radius 3 is 2.48 bits per heavy atom. The highest BCUT2D eigenvalue weighted by atomic mass is 15.3. The zero-order valence-corrected chi connectivity index (χ0v) is 14.2. The topological polar surface area (TPSA) is 33.1 Å². The van der Waals surface area contributed by atoms with Crippen LogP contribution in [0.3, 0.4) is 0 Å². The maximum Gasteiger partial charge on any atom is 0.0534 e. The van der Waals surface area contributed by atoms with Crippen molar-refractivity contribution in [3.63, 3.8) is 0 Å². The monoisotopic (exact) mass is 312 g/mol. The highest BCUT2D eigenvalue weighted by Gasteiger charge is 2.31. The van der Waals surface area contributed by atoms with Crippen molar-refractivity contribution in [1.29, 1.82) is 0 Å². The fourth-order valence-electron chi connectivity index (χ4n) is 3.83. The van der Waals surface area contributed by atoms with E-state index in [-0.39, 0.29) is 0 Å². The van der Waals surface area contributed by atoms with E-state index in [1.54, 1.807) is 0 Å². The molecule has 0 aliphatic carbocycles. The normalized spacial score (nSPS) is 25.6. The molecule has 0 bridgehead atoms. The second-order valence-electron chi connectivity index (χ2n) is 6.88. The summed E-state index contributed by atoms with van der Waals surface area (Å²) in [6.07, 6.45) is 3.87. The van der Waals surface area contributed by atoms with Crippen molar-refractivity contribution in [3.05, 3.63) is 54.4 Å². The Morgan fingerprint density at radius 2 is 1.83 bits per heavy atom. The number of piperidine rings is 1. The van der Waals surface area contributed by atoms with Crippen LogP contribution in [0.2, 0.25) is 0 Å². The first-order chi connectivity index (χ1) is 11.2. The van der Waals surface area contributed by atoms with E-state index in [0.29, 0.717) is 17.9 Å². The molecular formula is C19H28N4. The van der Waals surface area contributed by atoms with Gasteiger partial charge in [0.25, 0.3) is 0 Å². The molecule has 2 unspecified atom stereocenters. The van der Waals surface area contributed by atoms with Gasteiger partial charge in [-0.15, -0.1) is 0 Å². The van der Waals surface area contributed by atoms with Crippen LogP contribution in [0.1, 0.15) is 19.4 Å².